The molecule has 0 aliphatic rings. The Morgan fingerprint density at radius 1 is 0.895 bits per heavy atom. The van der Waals surface area contributed by atoms with Crippen LogP contribution in [0.25, 0.3) is 32.3 Å². The van der Waals surface area contributed by atoms with Crippen LogP contribution in [0.15, 0.2) is 47.3 Å². The molecule has 0 heterocycles. The van der Waals surface area contributed by atoms with Crippen molar-refractivity contribution in [1.29, 1.82) is 0 Å². The second-order valence-electron chi connectivity index (χ2n) is 4.73. The van der Waals surface area contributed by atoms with Gasteiger partial charge in [0.05, 0.1) is 5.56 Å². The molecule has 0 fully saturated rings. The fourth-order valence-electron chi connectivity index (χ4n) is 2.88. The van der Waals surface area contributed by atoms with Crippen LogP contribution in [0.2, 0.25) is 0 Å². The molecule has 19 heavy (non-hydrogen) atoms. The average Bonchev–Trinajstić information content (AvgIpc) is 2.71. The highest BCUT2D eigenvalue weighted by atomic mass is 16.4. The lowest BCUT2D eigenvalue weighted by molar-refractivity contribution is 0.0697. The van der Waals surface area contributed by atoms with Gasteiger partial charge in [0.2, 0.25) is 0 Å². The van der Waals surface area contributed by atoms with Gasteiger partial charge in [0.25, 0.3) is 0 Å². The zero-order chi connectivity index (χ0) is 13.1. The first kappa shape index (κ1) is 10.3. The summed E-state index contributed by atoms with van der Waals surface area (Å²) in [5, 5.41) is 13.9. The van der Waals surface area contributed by atoms with E-state index in [1.165, 1.54) is 6.07 Å². The Labute approximate surface area is 107 Å². The summed E-state index contributed by atoms with van der Waals surface area (Å²) in [5.74, 6) is -1.01. The number of hydrogen-bond donors (Lipinski definition) is 1. The third-order valence-corrected chi connectivity index (χ3v) is 3.69. The molecule has 0 atom stereocenters. The van der Waals surface area contributed by atoms with Gasteiger partial charge in [0, 0.05) is 21.5 Å². The molecule has 0 aliphatic heterocycles. The number of carboxylic acid groups (broad SMARTS) is 1. The van der Waals surface area contributed by atoms with Gasteiger partial charge in [-0.3, -0.25) is 4.79 Å². The number of benzene rings is 3. The highest BCUT2D eigenvalue weighted by molar-refractivity contribution is 6.26. The van der Waals surface area contributed by atoms with Crippen LogP contribution in [-0.4, -0.2) is 11.1 Å². The molecule has 0 unspecified atom stereocenters. The van der Waals surface area contributed by atoms with E-state index in [0.29, 0.717) is 10.8 Å². The molecule has 0 aromatic heterocycles. The minimum atomic E-state index is -1.01. The van der Waals surface area contributed by atoms with Crippen molar-refractivity contribution in [3.63, 3.8) is 0 Å². The molecule has 4 aromatic rings. The van der Waals surface area contributed by atoms with Gasteiger partial charge in [-0.15, -0.1) is 0 Å². The van der Waals surface area contributed by atoms with Crippen molar-refractivity contribution in [1.82, 2.24) is 0 Å². The molecule has 1 N–H and O–H groups in total. The Balaban J connectivity index is 2.41. The van der Waals surface area contributed by atoms with E-state index in [-0.39, 0.29) is 11.0 Å². The molecule has 0 spiro atoms. The number of carbonyl (C=O) groups is 1. The number of hydrogen-bond acceptors (Lipinski definition) is 2. The Bertz CT molecular complexity index is 1000. The first-order valence-electron chi connectivity index (χ1n) is 5.94. The van der Waals surface area contributed by atoms with Gasteiger partial charge in [-0.05, 0) is 22.9 Å². The zero-order valence-electron chi connectivity index (χ0n) is 9.81. The lowest BCUT2D eigenvalue weighted by Crippen LogP contribution is -1.99. The molecule has 4 rings (SSSR count). The van der Waals surface area contributed by atoms with Gasteiger partial charge in [-0.2, -0.15) is 0 Å². The van der Waals surface area contributed by atoms with Crippen molar-refractivity contribution < 1.29 is 9.90 Å². The lowest BCUT2D eigenvalue weighted by atomic mass is 10.0. The van der Waals surface area contributed by atoms with E-state index in [1.54, 1.807) is 12.1 Å². The molecule has 0 saturated heterocycles. The van der Waals surface area contributed by atoms with E-state index < -0.39 is 5.97 Å². The summed E-state index contributed by atoms with van der Waals surface area (Å²) in [6.07, 6.45) is 0. The maximum Gasteiger partial charge on any atom is 0.335 e. The van der Waals surface area contributed by atoms with Crippen LogP contribution in [0.1, 0.15) is 10.4 Å². The second-order valence-corrected chi connectivity index (χ2v) is 4.73. The molecule has 4 aromatic carbocycles. The highest BCUT2D eigenvalue weighted by Gasteiger charge is 2.17. The largest absolute Gasteiger partial charge is 0.478 e. The van der Waals surface area contributed by atoms with Crippen molar-refractivity contribution in [3.8, 4) is 0 Å². The topological polar surface area (TPSA) is 54.4 Å². The number of carboxylic acids is 1. The van der Waals surface area contributed by atoms with Gasteiger partial charge in [0.1, 0.15) is 0 Å². The predicted octanol–water partition coefficient (Wildman–Crippen LogP) is 3.08. The fourth-order valence-corrected chi connectivity index (χ4v) is 2.88. The van der Waals surface area contributed by atoms with E-state index in [4.69, 9.17) is 5.11 Å². The first-order valence-corrected chi connectivity index (χ1v) is 5.94. The standard InChI is InChI=1S/C16H8O3/c17-15-11-3-1-2-8-4-5-9-6-10(16(18)19)7-12(15)14(9)13(8)11/h1-7H,(H,18,19). The second kappa shape index (κ2) is 3.20. The molecule has 0 amide bonds. The number of rotatable bonds is 1. The van der Waals surface area contributed by atoms with Crippen LogP contribution in [0.3, 0.4) is 0 Å². The molecular formula is C16H8O3. The molecule has 90 valence electrons. The predicted molar refractivity (Wildman–Crippen MR) is 74.6 cm³/mol. The molecule has 0 aliphatic carbocycles. The van der Waals surface area contributed by atoms with Crippen molar-refractivity contribution in [2.75, 3.05) is 0 Å². The van der Waals surface area contributed by atoms with Gasteiger partial charge >= 0.3 is 5.97 Å². The Morgan fingerprint density at radius 3 is 2.42 bits per heavy atom. The van der Waals surface area contributed by atoms with Crippen LogP contribution in [0.4, 0.5) is 0 Å². The summed E-state index contributed by atoms with van der Waals surface area (Å²) in [6, 6.07) is 12.5. The summed E-state index contributed by atoms with van der Waals surface area (Å²) < 4.78 is 0. The minimum Gasteiger partial charge on any atom is -0.478 e. The maximum atomic E-state index is 12.4. The monoisotopic (exact) mass is 248 g/mol. The third-order valence-electron chi connectivity index (χ3n) is 3.69. The van der Waals surface area contributed by atoms with Gasteiger partial charge in [0.15, 0.2) is 5.43 Å². The van der Waals surface area contributed by atoms with E-state index in [0.717, 1.165) is 21.5 Å². The summed E-state index contributed by atoms with van der Waals surface area (Å²) >= 11 is 0. The van der Waals surface area contributed by atoms with E-state index >= 15 is 0 Å². The van der Waals surface area contributed by atoms with E-state index in [9.17, 15) is 9.59 Å². The molecule has 0 bridgehead atoms. The molecule has 3 nitrogen and oxygen atoms in total. The number of aromatic carboxylic acids is 1. The Hall–Kier alpha value is -2.68. The summed E-state index contributed by atoms with van der Waals surface area (Å²) in [5.41, 5.74) is 0.0721. The highest BCUT2D eigenvalue weighted by Crippen LogP contribution is 2.34. The zero-order valence-corrected chi connectivity index (χ0v) is 9.81. The molecular weight excluding hydrogens is 240 g/mol. The van der Waals surface area contributed by atoms with Crippen molar-refractivity contribution in [3.05, 3.63) is 58.3 Å². The lowest BCUT2D eigenvalue weighted by Gasteiger charge is -2.03. The molecule has 3 heteroatoms. The average molecular weight is 248 g/mol. The Kier molecular flexibility index (Phi) is 1.73. The third kappa shape index (κ3) is 1.16. The van der Waals surface area contributed by atoms with Crippen LogP contribution in [0, 0.1) is 0 Å². The molecule has 0 radical (unpaired) electrons. The van der Waals surface area contributed by atoms with Crippen LogP contribution < -0.4 is 5.43 Å². The Morgan fingerprint density at radius 2 is 1.63 bits per heavy atom. The minimum absolute atomic E-state index is 0.0834. The summed E-state index contributed by atoms with van der Waals surface area (Å²) in [7, 11) is 0. The van der Waals surface area contributed by atoms with Crippen LogP contribution in [-0.2, 0) is 0 Å². The fraction of sp³-hybridized carbons (Fsp3) is 0. The summed E-state index contributed by atoms with van der Waals surface area (Å²) in [6.45, 7) is 0. The van der Waals surface area contributed by atoms with Gasteiger partial charge in [-0.1, -0.05) is 30.3 Å². The van der Waals surface area contributed by atoms with E-state index in [2.05, 4.69) is 0 Å². The first-order chi connectivity index (χ1) is 9.16. The van der Waals surface area contributed by atoms with E-state index in [1.807, 2.05) is 24.3 Å². The van der Waals surface area contributed by atoms with Gasteiger partial charge in [-0.25, -0.2) is 4.79 Å². The van der Waals surface area contributed by atoms with Crippen LogP contribution >= 0.6 is 0 Å². The van der Waals surface area contributed by atoms with Crippen molar-refractivity contribution in [2.24, 2.45) is 0 Å². The normalized spacial score (nSPS) is 11.8. The quantitative estimate of drug-likeness (QED) is 0.527. The van der Waals surface area contributed by atoms with Gasteiger partial charge < -0.3 is 5.11 Å². The van der Waals surface area contributed by atoms with Crippen LogP contribution in [0.5, 0.6) is 0 Å². The van der Waals surface area contributed by atoms with Crippen molar-refractivity contribution >= 4 is 38.3 Å². The van der Waals surface area contributed by atoms with Crippen molar-refractivity contribution in [2.45, 2.75) is 0 Å². The smallest absolute Gasteiger partial charge is 0.335 e. The molecule has 0 saturated carbocycles. The SMILES string of the molecule is O=C(O)c1cc2ccc3cccc4c(=O)c(c1)c2c34. The summed E-state index contributed by atoms with van der Waals surface area (Å²) in [4.78, 5) is 23.5. The maximum absolute atomic E-state index is 12.4.